The highest BCUT2D eigenvalue weighted by Gasteiger charge is 2.14. The van der Waals surface area contributed by atoms with Crippen LogP contribution in [0, 0.1) is 0 Å². The maximum Gasteiger partial charge on any atom is 0.197 e. The van der Waals surface area contributed by atoms with Crippen LogP contribution in [0.2, 0.25) is 5.02 Å². The summed E-state index contributed by atoms with van der Waals surface area (Å²) in [6.45, 7) is 0. The van der Waals surface area contributed by atoms with Gasteiger partial charge in [-0.1, -0.05) is 23.7 Å². The van der Waals surface area contributed by atoms with Gasteiger partial charge < -0.3 is 9.13 Å². The second-order valence-corrected chi connectivity index (χ2v) is 7.28. The van der Waals surface area contributed by atoms with Gasteiger partial charge in [-0.05, 0) is 42.5 Å². The van der Waals surface area contributed by atoms with E-state index in [-0.39, 0.29) is 10.9 Å². The maximum atomic E-state index is 13.1. The Bertz CT molecular complexity index is 1540. The highest BCUT2D eigenvalue weighted by atomic mass is 35.5. The monoisotopic (exact) mass is 374 g/mol. The molecule has 0 atom stereocenters. The van der Waals surface area contributed by atoms with Crippen molar-refractivity contribution in [3.63, 3.8) is 0 Å². The van der Waals surface area contributed by atoms with Crippen molar-refractivity contribution in [1.29, 1.82) is 0 Å². The largest absolute Gasteiger partial charge is 0.343 e. The molecule has 0 unspecified atom stereocenters. The van der Waals surface area contributed by atoms with Gasteiger partial charge in [-0.25, -0.2) is 0 Å². The summed E-state index contributed by atoms with van der Waals surface area (Å²) in [4.78, 5) is 26.2. The van der Waals surface area contributed by atoms with Crippen LogP contribution >= 0.6 is 11.6 Å². The van der Waals surface area contributed by atoms with Crippen molar-refractivity contribution < 1.29 is 0 Å². The minimum atomic E-state index is -0.0805. The number of hydrogen-bond donors (Lipinski definition) is 0. The van der Waals surface area contributed by atoms with Crippen molar-refractivity contribution in [3.8, 4) is 0 Å². The fourth-order valence-corrected chi connectivity index (χ4v) is 4.16. The summed E-state index contributed by atoms with van der Waals surface area (Å²) in [7, 11) is 3.81. The number of rotatable bonds is 0. The van der Waals surface area contributed by atoms with Crippen LogP contribution < -0.4 is 10.9 Å². The zero-order valence-electron chi connectivity index (χ0n) is 14.8. The first kappa shape index (κ1) is 16.1. The molecule has 0 spiro atoms. The van der Waals surface area contributed by atoms with Crippen LogP contribution in [-0.2, 0) is 14.1 Å². The molecule has 27 heavy (non-hydrogen) atoms. The van der Waals surface area contributed by atoms with E-state index >= 15 is 0 Å². The van der Waals surface area contributed by atoms with Crippen LogP contribution in [0.5, 0.6) is 0 Å². The van der Waals surface area contributed by atoms with Crippen LogP contribution in [-0.4, -0.2) is 9.13 Å². The van der Waals surface area contributed by atoms with Gasteiger partial charge in [0.15, 0.2) is 10.9 Å². The van der Waals surface area contributed by atoms with E-state index < -0.39 is 0 Å². The average Bonchev–Trinajstić information content (AvgIpc) is 2.69. The van der Waals surface area contributed by atoms with Crippen LogP contribution in [0.1, 0.15) is 0 Å². The summed E-state index contributed by atoms with van der Waals surface area (Å²) in [5.41, 5.74) is 3.00. The molecule has 0 N–H and O–H groups in total. The summed E-state index contributed by atoms with van der Waals surface area (Å²) in [5.74, 6) is 0. The topological polar surface area (TPSA) is 44.0 Å². The van der Waals surface area contributed by atoms with Crippen LogP contribution in [0.3, 0.4) is 0 Å². The number of para-hydroxylation sites is 1. The quantitative estimate of drug-likeness (QED) is 0.378. The van der Waals surface area contributed by atoms with Crippen molar-refractivity contribution >= 4 is 55.2 Å². The minimum absolute atomic E-state index is 0.0238. The molecule has 2 heterocycles. The van der Waals surface area contributed by atoms with Gasteiger partial charge in [-0.3, -0.25) is 9.59 Å². The number of halogens is 1. The smallest absolute Gasteiger partial charge is 0.197 e. The molecule has 0 aliphatic carbocycles. The number of benzene rings is 3. The molecule has 4 nitrogen and oxygen atoms in total. The van der Waals surface area contributed by atoms with E-state index in [1.807, 2.05) is 65.7 Å². The van der Waals surface area contributed by atoms with Crippen molar-refractivity contribution in [1.82, 2.24) is 9.13 Å². The number of aryl methyl sites for hydroxylation is 2. The van der Waals surface area contributed by atoms with Crippen molar-refractivity contribution in [2.75, 3.05) is 0 Å². The third-order valence-electron chi connectivity index (χ3n) is 5.40. The molecule has 5 rings (SSSR count). The highest BCUT2D eigenvalue weighted by Crippen LogP contribution is 2.26. The maximum absolute atomic E-state index is 13.1. The van der Waals surface area contributed by atoms with Gasteiger partial charge in [0.2, 0.25) is 0 Å². The number of nitrogens with zero attached hydrogens (tertiary/aromatic N) is 2. The lowest BCUT2D eigenvalue weighted by molar-refractivity contribution is 0.994. The third-order valence-corrected chi connectivity index (χ3v) is 5.64. The normalized spacial score (nSPS) is 11.8. The second kappa shape index (κ2) is 5.44. The predicted molar refractivity (Wildman–Crippen MR) is 112 cm³/mol. The van der Waals surface area contributed by atoms with Crippen molar-refractivity contribution in [3.05, 3.63) is 80.1 Å². The fraction of sp³-hybridized carbons (Fsp3) is 0.0909. The first-order valence-corrected chi connectivity index (χ1v) is 8.98. The van der Waals surface area contributed by atoms with E-state index in [4.69, 9.17) is 11.6 Å². The second-order valence-electron chi connectivity index (χ2n) is 6.84. The van der Waals surface area contributed by atoms with Gasteiger partial charge in [0.05, 0.1) is 22.1 Å². The molecule has 3 aromatic carbocycles. The number of fused-ring (bicyclic) bond motifs is 4. The van der Waals surface area contributed by atoms with E-state index in [1.54, 1.807) is 12.1 Å². The summed E-state index contributed by atoms with van der Waals surface area (Å²) in [5, 5.41) is 2.95. The predicted octanol–water partition coefficient (Wildman–Crippen LogP) is 4.35. The number of aromatic nitrogens is 2. The molecule has 0 amide bonds. The van der Waals surface area contributed by atoms with E-state index in [9.17, 15) is 9.59 Å². The van der Waals surface area contributed by atoms with Crippen molar-refractivity contribution in [2.24, 2.45) is 14.1 Å². The lowest BCUT2D eigenvalue weighted by Crippen LogP contribution is -2.13. The molecular formula is C22H15ClN2O2. The fourth-order valence-electron chi connectivity index (χ4n) is 3.99. The number of pyridine rings is 2. The van der Waals surface area contributed by atoms with Gasteiger partial charge in [-0.2, -0.15) is 0 Å². The van der Waals surface area contributed by atoms with Crippen LogP contribution in [0.15, 0.2) is 64.2 Å². The van der Waals surface area contributed by atoms with E-state index in [2.05, 4.69) is 0 Å². The molecular weight excluding hydrogens is 360 g/mol. The molecule has 0 radical (unpaired) electrons. The first-order chi connectivity index (χ1) is 13.0. The molecule has 0 bridgehead atoms. The van der Waals surface area contributed by atoms with Crippen LogP contribution in [0.25, 0.3) is 43.6 Å². The Morgan fingerprint density at radius 1 is 0.630 bits per heavy atom. The van der Waals surface area contributed by atoms with Gasteiger partial charge in [0, 0.05) is 40.7 Å². The Hall–Kier alpha value is -3.11. The lowest BCUT2D eigenvalue weighted by Gasteiger charge is -2.14. The summed E-state index contributed by atoms with van der Waals surface area (Å²) < 4.78 is 3.91. The molecule has 0 saturated carbocycles. The highest BCUT2D eigenvalue weighted by molar-refractivity contribution is 6.31. The Morgan fingerprint density at radius 3 is 1.81 bits per heavy atom. The molecule has 0 aliphatic rings. The first-order valence-electron chi connectivity index (χ1n) is 8.61. The van der Waals surface area contributed by atoms with Gasteiger partial charge >= 0.3 is 0 Å². The molecule has 0 aliphatic heterocycles. The van der Waals surface area contributed by atoms with E-state index in [0.717, 1.165) is 22.1 Å². The zero-order chi connectivity index (χ0) is 18.9. The third kappa shape index (κ3) is 2.10. The summed E-state index contributed by atoms with van der Waals surface area (Å²) in [6, 6.07) is 16.5. The van der Waals surface area contributed by atoms with Crippen LogP contribution in [0.4, 0.5) is 0 Å². The number of hydrogen-bond acceptors (Lipinski definition) is 2. The average molecular weight is 375 g/mol. The van der Waals surface area contributed by atoms with Gasteiger partial charge in [0.1, 0.15) is 0 Å². The summed E-state index contributed by atoms with van der Waals surface area (Å²) >= 11 is 6.11. The Balaban J connectivity index is 2.10. The molecule has 5 aromatic rings. The Kier molecular flexibility index (Phi) is 3.24. The lowest BCUT2D eigenvalue weighted by atomic mass is 10.0. The zero-order valence-corrected chi connectivity index (χ0v) is 15.5. The standard InChI is InChI=1S/C22H15ClN2O2/c1-24-17-6-4-3-5-13(17)21(26)15-10-20-16(11-19(15)24)22(27)14-9-12(23)7-8-18(14)25(20)2/h3-11H,1-2H3. The molecule has 0 fully saturated rings. The Labute approximate surface area is 158 Å². The Morgan fingerprint density at radius 2 is 1.15 bits per heavy atom. The minimum Gasteiger partial charge on any atom is -0.343 e. The molecule has 2 aromatic heterocycles. The van der Waals surface area contributed by atoms with E-state index in [0.29, 0.717) is 26.6 Å². The van der Waals surface area contributed by atoms with Crippen molar-refractivity contribution in [2.45, 2.75) is 0 Å². The molecule has 0 saturated heterocycles. The molecule has 132 valence electrons. The van der Waals surface area contributed by atoms with E-state index in [1.165, 1.54) is 0 Å². The van der Waals surface area contributed by atoms with Gasteiger partial charge in [0.25, 0.3) is 0 Å². The SMILES string of the molecule is Cn1c2ccccc2c(=O)c2cc3c(cc21)c(=O)c1cc(Cl)ccc1n3C. The molecule has 5 heteroatoms. The summed E-state index contributed by atoms with van der Waals surface area (Å²) in [6.07, 6.45) is 0. The van der Waals surface area contributed by atoms with Gasteiger partial charge in [-0.15, -0.1) is 0 Å².